The average Bonchev–Trinajstić information content (AvgIpc) is 3.03. The Labute approximate surface area is 167 Å². The molecule has 1 aliphatic rings. The lowest BCUT2D eigenvalue weighted by Crippen LogP contribution is -2.36. The molecule has 1 aromatic heterocycles. The highest BCUT2D eigenvalue weighted by molar-refractivity contribution is 7.17. The first-order chi connectivity index (χ1) is 13.4. The molecule has 1 aliphatic carbocycles. The number of carbonyl (C=O) groups is 3. The number of aryl methyl sites for hydroxylation is 1. The maximum atomic E-state index is 12.9. The van der Waals surface area contributed by atoms with Crippen LogP contribution in [0.4, 0.5) is 5.00 Å². The van der Waals surface area contributed by atoms with Crippen molar-refractivity contribution in [3.63, 3.8) is 0 Å². The fraction of sp³-hybridized carbons (Fsp3) is 0.381. The van der Waals surface area contributed by atoms with Crippen molar-refractivity contribution >= 4 is 34.2 Å². The van der Waals surface area contributed by atoms with Crippen molar-refractivity contribution in [2.45, 2.75) is 32.6 Å². The van der Waals surface area contributed by atoms with Gasteiger partial charge in [0.1, 0.15) is 10.6 Å². The summed E-state index contributed by atoms with van der Waals surface area (Å²) in [7, 11) is 1.30. The van der Waals surface area contributed by atoms with Gasteiger partial charge in [0.2, 0.25) is 5.91 Å². The molecular weight excluding hydrogens is 378 g/mol. The Morgan fingerprint density at radius 1 is 1.11 bits per heavy atom. The number of aliphatic carboxylic acids is 1. The van der Waals surface area contributed by atoms with Gasteiger partial charge in [-0.15, -0.1) is 11.3 Å². The van der Waals surface area contributed by atoms with Gasteiger partial charge in [0, 0.05) is 10.4 Å². The highest BCUT2D eigenvalue weighted by atomic mass is 32.1. The van der Waals surface area contributed by atoms with E-state index in [4.69, 9.17) is 4.74 Å². The Morgan fingerprint density at radius 2 is 1.75 bits per heavy atom. The molecule has 0 aliphatic heterocycles. The topological polar surface area (TPSA) is 92.7 Å². The molecule has 0 saturated heterocycles. The predicted molar refractivity (Wildman–Crippen MR) is 108 cm³/mol. The minimum atomic E-state index is -0.944. The Hall–Kier alpha value is -2.67. The third kappa shape index (κ3) is 3.94. The van der Waals surface area contributed by atoms with Gasteiger partial charge >= 0.3 is 11.9 Å². The summed E-state index contributed by atoms with van der Waals surface area (Å²) in [6.45, 7) is 1.88. The van der Waals surface area contributed by atoms with Crippen LogP contribution in [-0.4, -0.2) is 30.1 Å². The highest BCUT2D eigenvalue weighted by Gasteiger charge is 2.36. The number of carboxylic acids is 1. The number of ether oxygens (including phenoxy) is 1. The largest absolute Gasteiger partial charge is 0.481 e. The van der Waals surface area contributed by atoms with Crippen molar-refractivity contribution in [2.24, 2.45) is 11.8 Å². The second-order valence-corrected chi connectivity index (χ2v) is 8.14. The molecule has 1 heterocycles. The third-order valence-electron chi connectivity index (χ3n) is 5.19. The molecule has 2 atom stereocenters. The monoisotopic (exact) mass is 401 g/mol. The van der Waals surface area contributed by atoms with Gasteiger partial charge in [-0.3, -0.25) is 9.59 Å². The summed E-state index contributed by atoms with van der Waals surface area (Å²) in [5, 5.41) is 12.7. The fourth-order valence-corrected chi connectivity index (χ4v) is 4.89. The Morgan fingerprint density at radius 3 is 2.36 bits per heavy atom. The molecule has 0 bridgehead atoms. The first-order valence-corrected chi connectivity index (χ1v) is 10.1. The van der Waals surface area contributed by atoms with Crippen molar-refractivity contribution in [3.05, 3.63) is 40.8 Å². The van der Waals surface area contributed by atoms with Gasteiger partial charge in [0.25, 0.3) is 0 Å². The maximum Gasteiger partial charge on any atom is 0.341 e. The number of anilines is 1. The maximum absolute atomic E-state index is 12.9. The summed E-state index contributed by atoms with van der Waals surface area (Å²) < 4.78 is 4.96. The molecule has 7 heteroatoms. The lowest BCUT2D eigenvalue weighted by molar-refractivity contribution is -0.147. The predicted octanol–water partition coefficient (Wildman–Crippen LogP) is 4.34. The number of rotatable bonds is 5. The van der Waals surface area contributed by atoms with Crippen LogP contribution in [0.25, 0.3) is 11.1 Å². The van der Waals surface area contributed by atoms with Gasteiger partial charge in [-0.1, -0.05) is 43.2 Å². The summed E-state index contributed by atoms with van der Waals surface area (Å²) >= 11 is 1.30. The van der Waals surface area contributed by atoms with Crippen LogP contribution in [-0.2, 0) is 14.3 Å². The van der Waals surface area contributed by atoms with E-state index in [-0.39, 0.29) is 5.91 Å². The number of amides is 1. The van der Waals surface area contributed by atoms with Crippen LogP contribution < -0.4 is 5.32 Å². The quantitative estimate of drug-likeness (QED) is 0.727. The van der Waals surface area contributed by atoms with E-state index >= 15 is 0 Å². The van der Waals surface area contributed by atoms with Crippen LogP contribution >= 0.6 is 11.3 Å². The van der Waals surface area contributed by atoms with Gasteiger partial charge in [-0.25, -0.2) is 4.79 Å². The normalized spacial score (nSPS) is 19.1. The second-order valence-electron chi connectivity index (χ2n) is 6.92. The molecule has 1 aromatic carbocycles. The average molecular weight is 401 g/mol. The SMILES string of the molecule is COC(=O)c1c(NC(=O)[C@@H]2CCCC[C@@H]2C(=O)O)sc(C)c1-c1ccccc1. The molecule has 0 radical (unpaired) electrons. The number of thiophene rings is 1. The number of hydrogen-bond acceptors (Lipinski definition) is 5. The van der Waals surface area contributed by atoms with Crippen LogP contribution in [0.3, 0.4) is 0 Å². The first-order valence-electron chi connectivity index (χ1n) is 9.24. The zero-order valence-electron chi connectivity index (χ0n) is 15.9. The van der Waals surface area contributed by atoms with Crippen molar-refractivity contribution in [2.75, 3.05) is 12.4 Å². The van der Waals surface area contributed by atoms with E-state index in [2.05, 4.69) is 5.32 Å². The van der Waals surface area contributed by atoms with Crippen molar-refractivity contribution < 1.29 is 24.2 Å². The molecule has 1 fully saturated rings. The smallest absolute Gasteiger partial charge is 0.341 e. The van der Waals surface area contributed by atoms with Crippen molar-refractivity contribution in [1.82, 2.24) is 0 Å². The summed E-state index contributed by atoms with van der Waals surface area (Å²) in [6.07, 6.45) is 2.66. The van der Waals surface area contributed by atoms with Crippen LogP contribution in [0.5, 0.6) is 0 Å². The molecule has 2 aromatic rings. The van der Waals surface area contributed by atoms with Crippen molar-refractivity contribution in [3.8, 4) is 11.1 Å². The third-order valence-corrected chi connectivity index (χ3v) is 6.21. The fourth-order valence-electron chi connectivity index (χ4n) is 3.83. The summed E-state index contributed by atoms with van der Waals surface area (Å²) in [6, 6.07) is 9.45. The zero-order valence-corrected chi connectivity index (χ0v) is 16.7. The van der Waals surface area contributed by atoms with Crippen molar-refractivity contribution in [1.29, 1.82) is 0 Å². The molecular formula is C21H23NO5S. The lowest BCUT2D eigenvalue weighted by atomic mass is 9.78. The molecule has 148 valence electrons. The Balaban J connectivity index is 1.97. The van der Waals surface area contributed by atoms with E-state index in [1.807, 2.05) is 37.3 Å². The number of methoxy groups -OCH3 is 1. The first kappa shape index (κ1) is 20.1. The standard InChI is InChI=1S/C21H23NO5S/c1-12-16(13-8-4-3-5-9-13)17(21(26)27-2)19(28-12)22-18(23)14-10-6-7-11-15(14)20(24)25/h3-5,8-9,14-15H,6-7,10-11H2,1-2H3,(H,22,23)(H,24,25)/t14-,15+/m1/s1. The van der Waals surface area contributed by atoms with E-state index in [9.17, 15) is 19.5 Å². The van der Waals surface area contributed by atoms with E-state index < -0.39 is 23.8 Å². The molecule has 28 heavy (non-hydrogen) atoms. The minimum absolute atomic E-state index is 0.312. The van der Waals surface area contributed by atoms with E-state index in [0.29, 0.717) is 23.4 Å². The van der Waals surface area contributed by atoms with E-state index in [1.165, 1.54) is 18.4 Å². The van der Waals surface area contributed by atoms with Crippen LogP contribution in [0, 0.1) is 18.8 Å². The van der Waals surface area contributed by atoms with Crippen LogP contribution in [0.15, 0.2) is 30.3 Å². The van der Waals surface area contributed by atoms with E-state index in [1.54, 1.807) is 0 Å². The number of benzene rings is 1. The van der Waals surface area contributed by atoms with Gasteiger partial charge in [0.15, 0.2) is 0 Å². The number of nitrogens with one attached hydrogen (secondary N) is 1. The number of esters is 1. The molecule has 1 saturated carbocycles. The number of carboxylic acid groups (broad SMARTS) is 1. The molecule has 1 amide bonds. The summed E-state index contributed by atoms with van der Waals surface area (Å²) in [5.41, 5.74) is 1.90. The van der Waals surface area contributed by atoms with Gasteiger partial charge in [0.05, 0.1) is 18.9 Å². The van der Waals surface area contributed by atoms with Crippen LogP contribution in [0.1, 0.15) is 40.9 Å². The Bertz CT molecular complexity index is 890. The molecule has 6 nitrogen and oxygen atoms in total. The summed E-state index contributed by atoms with van der Waals surface area (Å²) in [4.78, 5) is 37.8. The molecule has 2 N–H and O–H groups in total. The second kappa shape index (κ2) is 8.56. The van der Waals surface area contributed by atoms with Crippen LogP contribution in [0.2, 0.25) is 0 Å². The molecule has 0 unspecified atom stereocenters. The van der Waals surface area contributed by atoms with Gasteiger partial charge in [-0.2, -0.15) is 0 Å². The van der Waals surface area contributed by atoms with Gasteiger partial charge < -0.3 is 15.2 Å². The lowest BCUT2D eigenvalue weighted by Gasteiger charge is -2.27. The number of hydrogen-bond donors (Lipinski definition) is 2. The minimum Gasteiger partial charge on any atom is -0.481 e. The summed E-state index contributed by atoms with van der Waals surface area (Å²) in [5.74, 6) is -3.11. The van der Waals surface area contributed by atoms with E-state index in [0.717, 1.165) is 28.8 Å². The molecule has 0 spiro atoms. The Kier molecular flexibility index (Phi) is 6.14. The molecule has 3 rings (SSSR count). The highest BCUT2D eigenvalue weighted by Crippen LogP contribution is 2.41. The number of carbonyl (C=O) groups excluding carboxylic acids is 2. The zero-order chi connectivity index (χ0) is 20.3. The van der Waals surface area contributed by atoms with Gasteiger partial charge in [-0.05, 0) is 25.3 Å².